The number of halogens is 2. The molecule has 1 aliphatic rings. The van der Waals surface area contributed by atoms with E-state index in [1.165, 1.54) is 0 Å². The first kappa shape index (κ1) is 19.3. The zero-order chi connectivity index (χ0) is 19.4. The van der Waals surface area contributed by atoms with Gasteiger partial charge in [0, 0.05) is 5.02 Å². The van der Waals surface area contributed by atoms with Crippen molar-refractivity contribution in [2.75, 3.05) is 6.61 Å². The Bertz CT molecular complexity index is 920. The van der Waals surface area contributed by atoms with E-state index in [-0.39, 0.29) is 0 Å². The number of benzene rings is 2. The Morgan fingerprint density at radius 1 is 1.15 bits per heavy atom. The molecule has 0 amide bonds. The lowest BCUT2D eigenvalue weighted by Crippen LogP contribution is -2.03. The molecular formula is C20H17Cl2NO4. The monoisotopic (exact) mass is 405 g/mol. The van der Waals surface area contributed by atoms with Gasteiger partial charge in [-0.25, -0.2) is 4.79 Å². The summed E-state index contributed by atoms with van der Waals surface area (Å²) < 4.78 is 11.6. The number of carbonyl (C=O) groups is 1. The van der Waals surface area contributed by atoms with Crippen LogP contribution in [-0.4, -0.2) is 18.3 Å². The standard InChI is InChI=1S/C20H17Cl2NO4/c1-3-25-18-10-14(8-16-12(2)23-27-20(16)24)9-17(22)19(18)26-11-13-4-6-15(21)7-5-13/h4-10H,3,11H2,1-2H3/b16-8+. The van der Waals surface area contributed by atoms with Gasteiger partial charge in [-0.3, -0.25) is 0 Å². The third-order valence-electron chi connectivity index (χ3n) is 3.81. The van der Waals surface area contributed by atoms with Gasteiger partial charge in [0.1, 0.15) is 6.61 Å². The second-order valence-electron chi connectivity index (χ2n) is 5.79. The van der Waals surface area contributed by atoms with E-state index in [1.807, 2.05) is 19.1 Å². The molecule has 0 N–H and O–H groups in total. The molecule has 2 aromatic rings. The number of rotatable bonds is 6. The van der Waals surface area contributed by atoms with Crippen molar-refractivity contribution in [2.45, 2.75) is 20.5 Å². The van der Waals surface area contributed by atoms with Gasteiger partial charge in [0.15, 0.2) is 11.5 Å². The molecule has 0 bridgehead atoms. The summed E-state index contributed by atoms with van der Waals surface area (Å²) in [6, 6.07) is 10.8. The lowest BCUT2D eigenvalue weighted by molar-refractivity contribution is -0.136. The van der Waals surface area contributed by atoms with Crippen LogP contribution in [0.2, 0.25) is 10.0 Å². The van der Waals surface area contributed by atoms with Gasteiger partial charge >= 0.3 is 5.97 Å². The highest BCUT2D eigenvalue weighted by molar-refractivity contribution is 6.32. The lowest BCUT2D eigenvalue weighted by atomic mass is 10.1. The van der Waals surface area contributed by atoms with E-state index in [9.17, 15) is 4.79 Å². The van der Waals surface area contributed by atoms with Crippen molar-refractivity contribution in [3.63, 3.8) is 0 Å². The molecule has 0 unspecified atom stereocenters. The van der Waals surface area contributed by atoms with Gasteiger partial charge in [-0.1, -0.05) is 40.5 Å². The minimum Gasteiger partial charge on any atom is -0.490 e. The fourth-order valence-corrected chi connectivity index (χ4v) is 2.90. The van der Waals surface area contributed by atoms with Gasteiger partial charge in [0.25, 0.3) is 0 Å². The van der Waals surface area contributed by atoms with Gasteiger partial charge < -0.3 is 14.3 Å². The van der Waals surface area contributed by atoms with E-state index < -0.39 is 5.97 Å². The van der Waals surface area contributed by atoms with Crippen LogP contribution in [0.4, 0.5) is 0 Å². The number of hydrogen-bond donors (Lipinski definition) is 0. The predicted molar refractivity (Wildman–Crippen MR) is 106 cm³/mol. The van der Waals surface area contributed by atoms with E-state index >= 15 is 0 Å². The first-order valence-corrected chi connectivity index (χ1v) is 9.05. The molecule has 0 radical (unpaired) electrons. The van der Waals surface area contributed by atoms with Crippen molar-refractivity contribution in [3.05, 3.63) is 63.1 Å². The highest BCUT2D eigenvalue weighted by atomic mass is 35.5. The van der Waals surface area contributed by atoms with Crippen LogP contribution in [-0.2, 0) is 16.2 Å². The summed E-state index contributed by atoms with van der Waals surface area (Å²) in [4.78, 5) is 16.4. The van der Waals surface area contributed by atoms with Crippen LogP contribution < -0.4 is 9.47 Å². The maximum atomic E-state index is 11.7. The Morgan fingerprint density at radius 2 is 1.89 bits per heavy atom. The molecule has 5 nitrogen and oxygen atoms in total. The summed E-state index contributed by atoms with van der Waals surface area (Å²) >= 11 is 12.3. The van der Waals surface area contributed by atoms with Crippen LogP contribution in [0.3, 0.4) is 0 Å². The highest BCUT2D eigenvalue weighted by Crippen LogP contribution is 2.38. The summed E-state index contributed by atoms with van der Waals surface area (Å²) in [5.41, 5.74) is 2.52. The van der Waals surface area contributed by atoms with Crippen molar-refractivity contribution in [1.82, 2.24) is 0 Å². The average molecular weight is 406 g/mol. The normalized spacial score (nSPS) is 14.9. The van der Waals surface area contributed by atoms with E-state index in [2.05, 4.69) is 9.99 Å². The van der Waals surface area contributed by atoms with Crippen LogP contribution in [0, 0.1) is 0 Å². The Hall–Kier alpha value is -2.50. The third-order valence-corrected chi connectivity index (χ3v) is 4.35. The number of oxime groups is 1. The smallest absolute Gasteiger partial charge is 0.367 e. The van der Waals surface area contributed by atoms with Crippen molar-refractivity contribution in [3.8, 4) is 11.5 Å². The maximum Gasteiger partial charge on any atom is 0.367 e. The molecule has 1 aliphatic heterocycles. The lowest BCUT2D eigenvalue weighted by Gasteiger charge is -2.15. The molecule has 3 rings (SSSR count). The zero-order valence-electron chi connectivity index (χ0n) is 14.8. The molecule has 0 fully saturated rings. The molecule has 0 aliphatic carbocycles. The maximum absolute atomic E-state index is 11.7. The third kappa shape index (κ3) is 4.62. The van der Waals surface area contributed by atoms with Crippen LogP contribution in [0.5, 0.6) is 11.5 Å². The molecule has 0 saturated carbocycles. The summed E-state index contributed by atoms with van der Waals surface area (Å²) in [6.45, 7) is 4.32. The molecule has 1 heterocycles. The van der Waals surface area contributed by atoms with Crippen molar-refractivity contribution >= 4 is 41.0 Å². The Kier molecular flexibility index (Phi) is 6.04. The van der Waals surface area contributed by atoms with E-state index in [1.54, 1.807) is 37.3 Å². The molecule has 0 spiro atoms. The number of carbonyl (C=O) groups excluding carboxylic acids is 1. The Balaban J connectivity index is 1.88. The fourth-order valence-electron chi connectivity index (χ4n) is 2.50. The molecule has 27 heavy (non-hydrogen) atoms. The Labute approximate surface area is 167 Å². The number of ether oxygens (including phenoxy) is 2. The molecule has 0 atom stereocenters. The van der Waals surface area contributed by atoms with Crippen LogP contribution >= 0.6 is 23.2 Å². The molecule has 140 valence electrons. The zero-order valence-corrected chi connectivity index (χ0v) is 16.3. The van der Waals surface area contributed by atoms with Crippen LogP contribution in [0.15, 0.2) is 47.1 Å². The highest BCUT2D eigenvalue weighted by Gasteiger charge is 2.22. The van der Waals surface area contributed by atoms with Crippen LogP contribution in [0.1, 0.15) is 25.0 Å². The van der Waals surface area contributed by atoms with E-state index in [0.717, 1.165) is 5.56 Å². The summed E-state index contributed by atoms with van der Waals surface area (Å²) in [5, 5.41) is 4.70. The number of nitrogens with zero attached hydrogens (tertiary/aromatic N) is 1. The topological polar surface area (TPSA) is 57.1 Å². The first-order chi connectivity index (χ1) is 13.0. The van der Waals surface area contributed by atoms with Crippen molar-refractivity contribution in [1.29, 1.82) is 0 Å². The molecule has 0 aromatic heterocycles. The van der Waals surface area contributed by atoms with Crippen molar-refractivity contribution in [2.24, 2.45) is 5.16 Å². The predicted octanol–water partition coefficient (Wildman–Crippen LogP) is 5.29. The number of hydrogen-bond acceptors (Lipinski definition) is 5. The molecule has 2 aromatic carbocycles. The largest absolute Gasteiger partial charge is 0.490 e. The van der Waals surface area contributed by atoms with Gasteiger partial charge in [-0.15, -0.1) is 0 Å². The molecular weight excluding hydrogens is 389 g/mol. The van der Waals surface area contributed by atoms with Gasteiger partial charge in [0.2, 0.25) is 0 Å². The quantitative estimate of drug-likeness (QED) is 0.483. The second-order valence-corrected chi connectivity index (χ2v) is 6.64. The summed E-state index contributed by atoms with van der Waals surface area (Å²) in [6.07, 6.45) is 1.66. The van der Waals surface area contributed by atoms with Gasteiger partial charge in [-0.2, -0.15) is 0 Å². The molecule has 0 saturated heterocycles. The second kappa shape index (κ2) is 8.46. The average Bonchev–Trinajstić information content (AvgIpc) is 2.95. The fraction of sp³-hybridized carbons (Fsp3) is 0.200. The SMILES string of the molecule is CCOc1cc(/C=C2/C(=O)ON=C2C)cc(Cl)c1OCc1ccc(Cl)cc1. The van der Waals surface area contributed by atoms with E-state index in [4.69, 9.17) is 32.7 Å². The summed E-state index contributed by atoms with van der Waals surface area (Å²) in [5.74, 6) is 0.437. The van der Waals surface area contributed by atoms with Gasteiger partial charge in [-0.05, 0) is 55.3 Å². The van der Waals surface area contributed by atoms with Crippen LogP contribution in [0.25, 0.3) is 6.08 Å². The van der Waals surface area contributed by atoms with Crippen molar-refractivity contribution < 1.29 is 19.1 Å². The van der Waals surface area contributed by atoms with E-state index in [0.29, 0.717) is 51.6 Å². The minimum absolute atomic E-state index is 0.315. The molecule has 7 heteroatoms. The Morgan fingerprint density at radius 3 is 2.52 bits per heavy atom. The minimum atomic E-state index is -0.496. The summed E-state index contributed by atoms with van der Waals surface area (Å²) in [7, 11) is 0. The van der Waals surface area contributed by atoms with Gasteiger partial charge in [0.05, 0.1) is 22.9 Å². The first-order valence-electron chi connectivity index (χ1n) is 8.29.